The quantitative estimate of drug-likeness (QED) is 0.876. The van der Waals surface area contributed by atoms with Crippen LogP contribution in [-0.4, -0.2) is 40.2 Å². The highest BCUT2D eigenvalue weighted by atomic mass is 35.5. The van der Waals surface area contributed by atoms with Crippen molar-refractivity contribution in [1.82, 2.24) is 4.90 Å². The van der Waals surface area contributed by atoms with Gasteiger partial charge in [0.25, 0.3) is 5.91 Å². The topological polar surface area (TPSA) is 60.8 Å². The van der Waals surface area contributed by atoms with Crippen molar-refractivity contribution in [1.29, 1.82) is 0 Å². The van der Waals surface area contributed by atoms with Crippen LogP contribution in [0.15, 0.2) is 18.2 Å². The van der Waals surface area contributed by atoms with Gasteiger partial charge in [0.15, 0.2) is 0 Å². The van der Waals surface area contributed by atoms with Crippen LogP contribution in [0.5, 0.6) is 5.75 Å². The van der Waals surface area contributed by atoms with E-state index in [0.717, 1.165) is 25.7 Å². The summed E-state index contributed by atoms with van der Waals surface area (Å²) in [6.07, 6.45) is 3.78. The van der Waals surface area contributed by atoms with Gasteiger partial charge in [-0.05, 0) is 31.0 Å². The number of phenolic OH excluding ortho intramolecular Hbond substituents is 1. The molecule has 0 saturated carbocycles. The van der Waals surface area contributed by atoms with Crippen molar-refractivity contribution in [2.45, 2.75) is 31.7 Å². The smallest absolute Gasteiger partial charge is 0.257 e. The first-order valence-electron chi connectivity index (χ1n) is 6.54. The molecule has 2 N–H and O–H groups in total. The van der Waals surface area contributed by atoms with Gasteiger partial charge in [0.2, 0.25) is 0 Å². The van der Waals surface area contributed by atoms with Crippen LogP contribution in [0.25, 0.3) is 0 Å². The molecule has 0 aliphatic carbocycles. The Bertz CT molecular complexity index is 464. The summed E-state index contributed by atoms with van der Waals surface area (Å²) in [4.78, 5) is 14.1. The Morgan fingerprint density at radius 1 is 1.37 bits per heavy atom. The molecule has 0 aromatic heterocycles. The molecule has 5 heteroatoms. The summed E-state index contributed by atoms with van der Waals surface area (Å²) in [5, 5.41) is 19.6. The van der Waals surface area contributed by atoms with Gasteiger partial charge in [-0.2, -0.15) is 0 Å². The molecule has 0 spiro atoms. The third kappa shape index (κ3) is 3.19. The summed E-state index contributed by atoms with van der Waals surface area (Å²) >= 11 is 5.87. The summed E-state index contributed by atoms with van der Waals surface area (Å²) < 4.78 is 0. The van der Waals surface area contributed by atoms with Crippen LogP contribution >= 0.6 is 11.6 Å². The second-order valence-corrected chi connectivity index (χ2v) is 5.28. The van der Waals surface area contributed by atoms with E-state index in [1.165, 1.54) is 12.1 Å². The van der Waals surface area contributed by atoms with E-state index in [-0.39, 0.29) is 29.9 Å². The Labute approximate surface area is 117 Å². The molecule has 19 heavy (non-hydrogen) atoms. The normalized spacial score (nSPS) is 20.1. The van der Waals surface area contributed by atoms with E-state index in [1.807, 2.05) is 0 Å². The SMILES string of the molecule is O=C(c1cc(Cl)ccc1O)N1CCCCCC1CO. The van der Waals surface area contributed by atoms with Crippen LogP contribution in [-0.2, 0) is 0 Å². The van der Waals surface area contributed by atoms with E-state index in [1.54, 1.807) is 11.0 Å². The van der Waals surface area contributed by atoms with Crippen molar-refractivity contribution >= 4 is 17.5 Å². The molecule has 1 atom stereocenters. The van der Waals surface area contributed by atoms with Gasteiger partial charge in [-0.3, -0.25) is 4.79 Å². The zero-order valence-corrected chi connectivity index (χ0v) is 11.4. The number of rotatable bonds is 2. The number of carbonyl (C=O) groups is 1. The Hall–Kier alpha value is -1.26. The predicted molar refractivity (Wildman–Crippen MR) is 73.5 cm³/mol. The number of phenols is 1. The van der Waals surface area contributed by atoms with Gasteiger partial charge in [0.1, 0.15) is 5.75 Å². The zero-order chi connectivity index (χ0) is 13.8. The third-order valence-electron chi connectivity index (χ3n) is 3.54. The van der Waals surface area contributed by atoms with Crippen molar-refractivity contribution in [3.63, 3.8) is 0 Å². The monoisotopic (exact) mass is 283 g/mol. The minimum Gasteiger partial charge on any atom is -0.507 e. The summed E-state index contributed by atoms with van der Waals surface area (Å²) in [5.41, 5.74) is 0.202. The second-order valence-electron chi connectivity index (χ2n) is 4.85. The Kier molecular flexibility index (Phi) is 4.66. The minimum atomic E-state index is -0.263. The molecule has 1 unspecified atom stereocenters. The average Bonchev–Trinajstić information content (AvgIpc) is 2.65. The fraction of sp³-hybridized carbons (Fsp3) is 0.500. The lowest BCUT2D eigenvalue weighted by Gasteiger charge is -2.29. The molecule has 1 heterocycles. The van der Waals surface area contributed by atoms with Gasteiger partial charge >= 0.3 is 0 Å². The minimum absolute atomic E-state index is 0.0485. The standard InChI is InChI=1S/C14H18ClNO3/c15-10-5-6-13(18)12(8-10)14(19)16-7-3-1-2-4-11(16)9-17/h5-6,8,11,17-18H,1-4,7,9H2. The van der Waals surface area contributed by atoms with Crippen molar-refractivity contribution in [3.05, 3.63) is 28.8 Å². The van der Waals surface area contributed by atoms with Gasteiger partial charge in [-0.1, -0.05) is 24.4 Å². The number of benzene rings is 1. The highest BCUT2D eigenvalue weighted by Crippen LogP contribution is 2.26. The van der Waals surface area contributed by atoms with E-state index < -0.39 is 0 Å². The molecule has 1 saturated heterocycles. The van der Waals surface area contributed by atoms with Crippen LogP contribution in [0.2, 0.25) is 5.02 Å². The fourth-order valence-corrected chi connectivity index (χ4v) is 2.64. The maximum atomic E-state index is 12.5. The summed E-state index contributed by atoms with van der Waals surface area (Å²) in [5.74, 6) is -0.337. The Morgan fingerprint density at radius 3 is 2.89 bits per heavy atom. The number of aromatic hydroxyl groups is 1. The number of carbonyl (C=O) groups excluding carboxylic acids is 1. The molecule has 1 aliphatic heterocycles. The highest BCUT2D eigenvalue weighted by molar-refractivity contribution is 6.31. The van der Waals surface area contributed by atoms with Gasteiger partial charge in [0.05, 0.1) is 18.2 Å². The molecular weight excluding hydrogens is 266 g/mol. The number of hydrogen-bond acceptors (Lipinski definition) is 3. The van der Waals surface area contributed by atoms with Crippen molar-refractivity contribution in [2.75, 3.05) is 13.2 Å². The molecule has 0 bridgehead atoms. The molecule has 104 valence electrons. The van der Waals surface area contributed by atoms with Crippen LogP contribution in [0.3, 0.4) is 0 Å². The maximum absolute atomic E-state index is 12.5. The lowest BCUT2D eigenvalue weighted by atomic mass is 10.1. The van der Waals surface area contributed by atoms with E-state index in [4.69, 9.17) is 11.6 Å². The second kappa shape index (κ2) is 6.26. The zero-order valence-electron chi connectivity index (χ0n) is 10.7. The molecule has 1 amide bonds. The molecular formula is C14H18ClNO3. The number of aliphatic hydroxyl groups excluding tert-OH is 1. The Balaban J connectivity index is 2.27. The largest absolute Gasteiger partial charge is 0.507 e. The Morgan fingerprint density at radius 2 is 2.16 bits per heavy atom. The maximum Gasteiger partial charge on any atom is 0.257 e. The number of hydrogen-bond donors (Lipinski definition) is 2. The van der Waals surface area contributed by atoms with Crippen molar-refractivity contribution in [2.24, 2.45) is 0 Å². The first-order valence-corrected chi connectivity index (χ1v) is 6.91. The number of amides is 1. The van der Waals surface area contributed by atoms with Crippen LogP contribution in [0.4, 0.5) is 0 Å². The molecule has 2 rings (SSSR count). The molecule has 1 aromatic rings. The van der Waals surface area contributed by atoms with Crippen molar-refractivity contribution < 1.29 is 15.0 Å². The van der Waals surface area contributed by atoms with Gasteiger partial charge in [0, 0.05) is 11.6 Å². The predicted octanol–water partition coefficient (Wildman–Crippen LogP) is 2.42. The lowest BCUT2D eigenvalue weighted by molar-refractivity contribution is 0.0597. The van der Waals surface area contributed by atoms with E-state index in [9.17, 15) is 15.0 Å². The summed E-state index contributed by atoms with van der Waals surface area (Å²) in [6, 6.07) is 4.26. The van der Waals surface area contributed by atoms with Crippen LogP contribution in [0.1, 0.15) is 36.0 Å². The average molecular weight is 284 g/mol. The van der Waals surface area contributed by atoms with Crippen molar-refractivity contribution in [3.8, 4) is 5.75 Å². The first kappa shape index (κ1) is 14.2. The first-order chi connectivity index (χ1) is 9.13. The van der Waals surface area contributed by atoms with Crippen LogP contribution < -0.4 is 0 Å². The van der Waals surface area contributed by atoms with E-state index in [2.05, 4.69) is 0 Å². The lowest BCUT2D eigenvalue weighted by Crippen LogP contribution is -2.42. The number of likely N-dealkylation sites (tertiary alicyclic amines) is 1. The molecule has 1 aromatic carbocycles. The van der Waals surface area contributed by atoms with E-state index in [0.29, 0.717) is 11.6 Å². The number of aliphatic hydroxyl groups is 1. The van der Waals surface area contributed by atoms with E-state index >= 15 is 0 Å². The summed E-state index contributed by atoms with van der Waals surface area (Å²) in [6.45, 7) is 0.559. The molecule has 4 nitrogen and oxygen atoms in total. The molecule has 0 radical (unpaired) electrons. The summed E-state index contributed by atoms with van der Waals surface area (Å²) in [7, 11) is 0. The third-order valence-corrected chi connectivity index (χ3v) is 3.77. The number of halogens is 1. The molecule has 1 fully saturated rings. The van der Waals surface area contributed by atoms with Gasteiger partial charge in [-0.15, -0.1) is 0 Å². The fourth-order valence-electron chi connectivity index (χ4n) is 2.47. The molecule has 1 aliphatic rings. The number of nitrogens with zero attached hydrogens (tertiary/aromatic N) is 1. The van der Waals surface area contributed by atoms with Crippen LogP contribution in [0, 0.1) is 0 Å². The highest BCUT2D eigenvalue weighted by Gasteiger charge is 2.27. The van der Waals surface area contributed by atoms with Gasteiger partial charge < -0.3 is 15.1 Å². The van der Waals surface area contributed by atoms with Gasteiger partial charge in [-0.25, -0.2) is 0 Å².